The number of phosphoric acid groups is 1. The number of amides is 1. The van der Waals surface area contributed by atoms with E-state index in [2.05, 4.69) is 31.3 Å². The van der Waals surface area contributed by atoms with Gasteiger partial charge < -0.3 is 28.8 Å². The summed E-state index contributed by atoms with van der Waals surface area (Å²) in [5.41, 5.74) is 0. The maximum Gasteiger partial charge on any atom is 0.268 e. The molecular weight excluding hydrogens is 876 g/mol. The summed E-state index contributed by atoms with van der Waals surface area (Å²) in [5, 5.41) is 14.0. The Kier molecular flexibility index (Phi) is 51.5. The Hall–Kier alpha value is -0.760. The van der Waals surface area contributed by atoms with Gasteiger partial charge in [-0.2, -0.15) is 0 Å². The van der Waals surface area contributed by atoms with Gasteiger partial charge >= 0.3 is 0 Å². The molecule has 0 saturated heterocycles. The fraction of sp³-hybridized carbons (Fsp3) is 0.950. The lowest BCUT2D eigenvalue weighted by atomic mass is 10.0. The van der Waals surface area contributed by atoms with Crippen LogP contribution in [0.3, 0.4) is 0 Å². The Morgan fingerprint density at radius 2 is 0.797 bits per heavy atom. The number of hydrogen-bond acceptors (Lipinski definition) is 6. The first-order valence-corrected chi connectivity index (χ1v) is 32.0. The molecule has 0 fully saturated rings. The molecule has 0 aromatic rings. The van der Waals surface area contributed by atoms with Crippen molar-refractivity contribution in [1.29, 1.82) is 0 Å². The van der Waals surface area contributed by atoms with Crippen molar-refractivity contribution in [1.82, 2.24) is 5.32 Å². The van der Waals surface area contributed by atoms with Crippen LogP contribution in [0.15, 0.2) is 12.2 Å². The fourth-order valence-electron chi connectivity index (χ4n) is 9.45. The Morgan fingerprint density at radius 3 is 1.13 bits per heavy atom. The van der Waals surface area contributed by atoms with Crippen molar-refractivity contribution in [2.75, 3.05) is 40.9 Å². The lowest BCUT2D eigenvalue weighted by Gasteiger charge is -2.30. The molecule has 0 saturated carbocycles. The molecule has 0 bridgehead atoms. The molecule has 2 N–H and O–H groups in total. The number of aliphatic hydroxyl groups excluding tert-OH is 1. The largest absolute Gasteiger partial charge is 0.756 e. The van der Waals surface area contributed by atoms with E-state index in [1.165, 1.54) is 238 Å². The quantitative estimate of drug-likeness (QED) is 0.0272. The Morgan fingerprint density at radius 1 is 0.493 bits per heavy atom. The highest BCUT2D eigenvalue weighted by Crippen LogP contribution is 2.38. The lowest BCUT2D eigenvalue weighted by Crippen LogP contribution is -2.46. The van der Waals surface area contributed by atoms with Gasteiger partial charge in [-0.15, -0.1) is 0 Å². The number of nitrogens with one attached hydrogen (secondary N) is 1. The van der Waals surface area contributed by atoms with E-state index in [1.54, 1.807) is 0 Å². The molecule has 0 spiro atoms. The first-order chi connectivity index (χ1) is 33.5. The zero-order valence-corrected chi connectivity index (χ0v) is 47.9. The number of phosphoric ester groups is 1. The van der Waals surface area contributed by atoms with Crippen LogP contribution in [0.5, 0.6) is 0 Å². The first kappa shape index (κ1) is 68.2. The Labute approximate surface area is 431 Å². The third-order valence-electron chi connectivity index (χ3n) is 14.3. The van der Waals surface area contributed by atoms with Gasteiger partial charge in [0.2, 0.25) is 5.91 Å². The van der Waals surface area contributed by atoms with Crippen LogP contribution in [0.1, 0.15) is 316 Å². The topological polar surface area (TPSA) is 108 Å². The van der Waals surface area contributed by atoms with Gasteiger partial charge in [-0.05, 0) is 38.5 Å². The smallest absolute Gasteiger partial charge is 0.268 e. The van der Waals surface area contributed by atoms with Crippen molar-refractivity contribution < 1.29 is 32.9 Å². The number of rotatable bonds is 57. The summed E-state index contributed by atoms with van der Waals surface area (Å²) in [6.45, 7) is 4.76. The number of nitrogens with zero attached hydrogens (tertiary/aromatic N) is 1. The molecule has 8 nitrogen and oxygen atoms in total. The lowest BCUT2D eigenvalue weighted by molar-refractivity contribution is -0.870. The van der Waals surface area contributed by atoms with Gasteiger partial charge in [0.1, 0.15) is 13.2 Å². The highest BCUT2D eigenvalue weighted by molar-refractivity contribution is 7.45. The zero-order chi connectivity index (χ0) is 50.6. The Bertz CT molecular complexity index is 1130. The Balaban J connectivity index is 4.02. The van der Waals surface area contributed by atoms with E-state index in [1.807, 2.05) is 21.1 Å². The van der Waals surface area contributed by atoms with Crippen molar-refractivity contribution in [2.24, 2.45) is 0 Å². The molecule has 0 radical (unpaired) electrons. The van der Waals surface area contributed by atoms with E-state index in [0.717, 1.165) is 51.4 Å². The molecule has 0 heterocycles. The molecule has 3 unspecified atom stereocenters. The third kappa shape index (κ3) is 54.8. The van der Waals surface area contributed by atoms with Crippen LogP contribution in [-0.2, 0) is 18.4 Å². The molecule has 0 aliphatic rings. The van der Waals surface area contributed by atoms with Crippen molar-refractivity contribution >= 4 is 13.7 Å². The fourth-order valence-corrected chi connectivity index (χ4v) is 10.2. The summed E-state index contributed by atoms with van der Waals surface area (Å²) in [6.07, 6.45) is 64.1. The average molecular weight is 998 g/mol. The van der Waals surface area contributed by atoms with Gasteiger partial charge in [-0.3, -0.25) is 9.36 Å². The number of carbonyl (C=O) groups excluding carboxylic acids is 1. The molecule has 3 atom stereocenters. The van der Waals surface area contributed by atoms with E-state index in [0.29, 0.717) is 23.9 Å². The minimum atomic E-state index is -4.57. The second kappa shape index (κ2) is 52.1. The predicted molar refractivity (Wildman–Crippen MR) is 298 cm³/mol. The normalized spacial score (nSPS) is 13.9. The van der Waals surface area contributed by atoms with Gasteiger partial charge in [0, 0.05) is 6.42 Å². The van der Waals surface area contributed by atoms with E-state index < -0.39 is 20.0 Å². The molecule has 0 aliphatic carbocycles. The monoisotopic (exact) mass is 997 g/mol. The van der Waals surface area contributed by atoms with Crippen LogP contribution in [0.2, 0.25) is 0 Å². The summed E-state index contributed by atoms with van der Waals surface area (Å²) < 4.78 is 23.4. The van der Waals surface area contributed by atoms with Gasteiger partial charge in [0.05, 0.1) is 39.9 Å². The maximum absolute atomic E-state index is 13.0. The number of aliphatic hydroxyl groups is 1. The standard InChI is InChI=1S/C60H121N2O6P/c1-6-8-10-12-14-16-18-20-22-24-25-26-27-28-29-30-31-32-33-34-35-36-37-38-39-41-43-45-47-49-51-53-59(63)58(57-68-69(65,66)67-56-55-62(3,4)5)61-60(64)54-52-50-48-46-44-42-40-23-21-19-17-15-13-11-9-7-2/h23,40,58-59,63H,6-22,24-39,41-57H2,1-5H3,(H-,61,64,65,66)/b40-23-. The minimum absolute atomic E-state index is 0.0130. The number of unbranched alkanes of at least 4 members (excludes halogenated alkanes) is 42. The van der Waals surface area contributed by atoms with Gasteiger partial charge in [0.25, 0.3) is 7.82 Å². The highest BCUT2D eigenvalue weighted by Gasteiger charge is 2.24. The van der Waals surface area contributed by atoms with Crippen molar-refractivity contribution in [3.05, 3.63) is 12.2 Å². The second-order valence-corrected chi connectivity index (χ2v) is 23.8. The van der Waals surface area contributed by atoms with Crippen LogP contribution in [0.4, 0.5) is 0 Å². The van der Waals surface area contributed by atoms with Crippen molar-refractivity contribution in [3.63, 3.8) is 0 Å². The summed E-state index contributed by atoms with van der Waals surface area (Å²) in [7, 11) is 1.31. The molecular formula is C60H121N2O6P. The molecule has 1 amide bonds. The van der Waals surface area contributed by atoms with Gasteiger partial charge in [0.15, 0.2) is 0 Å². The number of likely N-dealkylation sites (N-methyl/N-ethyl adjacent to an activating group) is 1. The van der Waals surface area contributed by atoms with Gasteiger partial charge in [-0.1, -0.05) is 283 Å². The molecule has 412 valence electrons. The number of allylic oxidation sites excluding steroid dienone is 2. The highest BCUT2D eigenvalue weighted by atomic mass is 31.2. The van der Waals surface area contributed by atoms with E-state index in [4.69, 9.17) is 9.05 Å². The van der Waals surface area contributed by atoms with Crippen LogP contribution in [0, 0.1) is 0 Å². The van der Waals surface area contributed by atoms with Crippen LogP contribution in [-0.4, -0.2) is 68.5 Å². The van der Waals surface area contributed by atoms with Crippen LogP contribution < -0.4 is 10.2 Å². The average Bonchev–Trinajstić information content (AvgIpc) is 3.31. The second-order valence-electron chi connectivity index (χ2n) is 22.4. The summed E-state index contributed by atoms with van der Waals surface area (Å²) >= 11 is 0. The maximum atomic E-state index is 13.0. The van der Waals surface area contributed by atoms with E-state index >= 15 is 0 Å². The predicted octanol–water partition coefficient (Wildman–Crippen LogP) is 18.0. The SMILES string of the molecule is CCCCCCCCC/C=C\CCCCCCCC(=O)NC(COP(=O)([O-])OCC[N+](C)(C)C)C(O)CCCCCCCCCCCCCCCCCCCCCCCCCCCCCCCCC. The molecule has 69 heavy (non-hydrogen) atoms. The molecule has 0 rings (SSSR count). The van der Waals surface area contributed by atoms with Crippen LogP contribution in [0.25, 0.3) is 0 Å². The van der Waals surface area contributed by atoms with Crippen molar-refractivity contribution in [3.8, 4) is 0 Å². The first-order valence-electron chi connectivity index (χ1n) is 30.5. The molecule has 0 aromatic heterocycles. The van der Waals surface area contributed by atoms with E-state index in [9.17, 15) is 19.4 Å². The molecule has 0 aliphatic heterocycles. The number of carbonyl (C=O) groups is 1. The number of hydrogen-bond donors (Lipinski definition) is 2. The molecule has 9 heteroatoms. The van der Waals surface area contributed by atoms with E-state index in [-0.39, 0.29) is 19.1 Å². The van der Waals surface area contributed by atoms with Crippen molar-refractivity contribution in [2.45, 2.75) is 328 Å². The summed E-state index contributed by atoms with van der Waals surface area (Å²) in [5.74, 6) is -0.168. The summed E-state index contributed by atoms with van der Waals surface area (Å²) in [6, 6.07) is -0.803. The number of quaternary nitrogens is 1. The molecule has 0 aromatic carbocycles. The summed E-state index contributed by atoms with van der Waals surface area (Å²) in [4.78, 5) is 25.5. The zero-order valence-electron chi connectivity index (χ0n) is 47.0. The van der Waals surface area contributed by atoms with Crippen LogP contribution >= 0.6 is 7.82 Å². The minimum Gasteiger partial charge on any atom is -0.756 e. The van der Waals surface area contributed by atoms with Gasteiger partial charge in [-0.25, -0.2) is 0 Å². The third-order valence-corrected chi connectivity index (χ3v) is 15.2.